The molecular formula is C20H21N3O2S. The molecule has 134 valence electrons. The number of anilines is 2. The highest BCUT2D eigenvalue weighted by Crippen LogP contribution is 2.33. The summed E-state index contributed by atoms with van der Waals surface area (Å²) in [6, 6.07) is 11.4. The maximum atomic E-state index is 12.8. The molecule has 4 rings (SSSR count). The van der Waals surface area contributed by atoms with Crippen LogP contribution in [-0.4, -0.2) is 17.6 Å². The van der Waals surface area contributed by atoms with Crippen LogP contribution in [-0.2, 0) is 11.2 Å². The van der Waals surface area contributed by atoms with E-state index in [0.717, 1.165) is 46.8 Å². The molecule has 6 heteroatoms. The number of nitrogens with one attached hydrogen (secondary N) is 2. The second-order valence-corrected chi connectivity index (χ2v) is 7.87. The van der Waals surface area contributed by atoms with Crippen LogP contribution in [0.15, 0.2) is 41.3 Å². The quantitative estimate of drug-likeness (QED) is 0.709. The van der Waals surface area contributed by atoms with Gasteiger partial charge in [0.05, 0.1) is 11.7 Å². The molecule has 0 bridgehead atoms. The van der Waals surface area contributed by atoms with Crippen LogP contribution >= 0.6 is 11.8 Å². The third kappa shape index (κ3) is 3.42. The summed E-state index contributed by atoms with van der Waals surface area (Å²) in [7, 11) is 0. The molecule has 5 nitrogen and oxygen atoms in total. The first kappa shape index (κ1) is 17.0. The van der Waals surface area contributed by atoms with Crippen molar-refractivity contribution in [3.05, 3.63) is 53.1 Å². The number of carbonyl (C=O) groups is 2. The van der Waals surface area contributed by atoms with Crippen LogP contribution in [0.25, 0.3) is 0 Å². The molecule has 2 aromatic carbocycles. The van der Waals surface area contributed by atoms with Crippen LogP contribution < -0.4 is 16.4 Å². The summed E-state index contributed by atoms with van der Waals surface area (Å²) in [5.74, 6) is 0.630. The van der Waals surface area contributed by atoms with Gasteiger partial charge in [-0.05, 0) is 60.7 Å². The Bertz CT molecular complexity index is 881. The van der Waals surface area contributed by atoms with Crippen LogP contribution in [0.4, 0.5) is 11.4 Å². The lowest BCUT2D eigenvalue weighted by molar-refractivity contribution is -0.115. The van der Waals surface area contributed by atoms with Crippen molar-refractivity contribution in [2.45, 2.75) is 36.6 Å². The van der Waals surface area contributed by atoms with Crippen LogP contribution in [0.2, 0.25) is 0 Å². The van der Waals surface area contributed by atoms with E-state index >= 15 is 0 Å². The van der Waals surface area contributed by atoms with Gasteiger partial charge in [0.2, 0.25) is 5.91 Å². The number of hydrogen-bond donors (Lipinski definition) is 3. The number of fused-ring (bicyclic) bond motifs is 2. The number of nitrogens with two attached hydrogens (primary N) is 1. The number of aryl methyl sites for hydroxylation is 1. The fourth-order valence-electron chi connectivity index (χ4n) is 3.59. The molecule has 1 aliphatic carbocycles. The Morgan fingerprint density at radius 3 is 2.96 bits per heavy atom. The van der Waals surface area contributed by atoms with Gasteiger partial charge in [-0.15, -0.1) is 11.8 Å². The van der Waals surface area contributed by atoms with Crippen LogP contribution in [0.5, 0.6) is 0 Å². The van der Waals surface area contributed by atoms with Gasteiger partial charge in [0.1, 0.15) is 0 Å². The Hall–Kier alpha value is -2.47. The molecule has 0 radical (unpaired) electrons. The molecule has 1 atom stereocenters. The first-order chi connectivity index (χ1) is 12.6. The fraction of sp³-hybridized carbons (Fsp3) is 0.300. The number of benzene rings is 2. The second kappa shape index (κ2) is 7.03. The summed E-state index contributed by atoms with van der Waals surface area (Å²) in [5.41, 5.74) is 10.3. The fourth-order valence-corrected chi connectivity index (χ4v) is 4.52. The number of carbonyl (C=O) groups excluding carboxylic acids is 2. The summed E-state index contributed by atoms with van der Waals surface area (Å²) < 4.78 is 0. The highest BCUT2D eigenvalue weighted by molar-refractivity contribution is 7.99. The van der Waals surface area contributed by atoms with Gasteiger partial charge in [0, 0.05) is 28.3 Å². The Morgan fingerprint density at radius 2 is 2.08 bits per heavy atom. The van der Waals surface area contributed by atoms with Crippen molar-refractivity contribution in [3.8, 4) is 0 Å². The van der Waals surface area contributed by atoms with Gasteiger partial charge in [-0.3, -0.25) is 9.59 Å². The van der Waals surface area contributed by atoms with Crippen molar-refractivity contribution in [2.75, 3.05) is 16.8 Å². The normalized spacial score (nSPS) is 18.9. The molecular weight excluding hydrogens is 346 g/mol. The molecule has 1 unspecified atom stereocenters. The van der Waals surface area contributed by atoms with Crippen molar-refractivity contribution in [1.82, 2.24) is 5.32 Å². The minimum atomic E-state index is -0.119. The monoisotopic (exact) mass is 367 g/mol. The molecule has 0 saturated carbocycles. The lowest BCUT2D eigenvalue weighted by atomic mass is 9.87. The average Bonchev–Trinajstić information content (AvgIpc) is 2.81. The zero-order chi connectivity index (χ0) is 18.1. The topological polar surface area (TPSA) is 84.2 Å². The van der Waals surface area contributed by atoms with Gasteiger partial charge in [0.25, 0.3) is 5.91 Å². The predicted molar refractivity (Wildman–Crippen MR) is 104 cm³/mol. The van der Waals surface area contributed by atoms with Crippen LogP contribution in [0.3, 0.4) is 0 Å². The zero-order valence-electron chi connectivity index (χ0n) is 14.4. The SMILES string of the molecule is Nc1ccc2c(c1)CCCC2NC(=O)c1ccc2c(c1)NC(=O)CCS2. The van der Waals surface area contributed by atoms with E-state index < -0.39 is 0 Å². The van der Waals surface area contributed by atoms with E-state index in [2.05, 4.69) is 10.6 Å². The molecule has 2 aliphatic rings. The summed E-state index contributed by atoms with van der Waals surface area (Å²) in [4.78, 5) is 25.6. The molecule has 1 heterocycles. The second-order valence-electron chi connectivity index (χ2n) is 6.73. The molecule has 2 aromatic rings. The van der Waals surface area contributed by atoms with E-state index in [-0.39, 0.29) is 17.9 Å². The number of amides is 2. The Morgan fingerprint density at radius 1 is 1.19 bits per heavy atom. The number of thioether (sulfide) groups is 1. The maximum Gasteiger partial charge on any atom is 0.251 e. The summed E-state index contributed by atoms with van der Waals surface area (Å²) >= 11 is 1.63. The lowest BCUT2D eigenvalue weighted by Gasteiger charge is -2.27. The van der Waals surface area contributed by atoms with Gasteiger partial charge in [-0.25, -0.2) is 0 Å². The number of hydrogen-bond acceptors (Lipinski definition) is 4. The van der Waals surface area contributed by atoms with Crippen molar-refractivity contribution in [1.29, 1.82) is 0 Å². The van der Waals surface area contributed by atoms with Gasteiger partial charge in [0.15, 0.2) is 0 Å². The first-order valence-electron chi connectivity index (χ1n) is 8.86. The highest BCUT2D eigenvalue weighted by Gasteiger charge is 2.23. The molecule has 1 aliphatic heterocycles. The molecule has 0 saturated heterocycles. The summed E-state index contributed by atoms with van der Waals surface area (Å²) in [6.45, 7) is 0. The van der Waals surface area contributed by atoms with Crippen molar-refractivity contribution in [3.63, 3.8) is 0 Å². The van der Waals surface area contributed by atoms with E-state index in [1.54, 1.807) is 17.8 Å². The van der Waals surface area contributed by atoms with Crippen molar-refractivity contribution >= 4 is 35.0 Å². The molecule has 26 heavy (non-hydrogen) atoms. The van der Waals surface area contributed by atoms with Crippen molar-refractivity contribution in [2.24, 2.45) is 0 Å². The largest absolute Gasteiger partial charge is 0.399 e. The number of rotatable bonds is 2. The third-order valence-electron chi connectivity index (χ3n) is 4.89. The van der Waals surface area contributed by atoms with Gasteiger partial charge < -0.3 is 16.4 Å². The summed E-state index contributed by atoms with van der Waals surface area (Å²) in [6.07, 6.45) is 3.43. The van der Waals surface area contributed by atoms with Gasteiger partial charge >= 0.3 is 0 Å². The molecule has 0 fully saturated rings. The zero-order valence-corrected chi connectivity index (χ0v) is 15.2. The maximum absolute atomic E-state index is 12.8. The minimum Gasteiger partial charge on any atom is -0.399 e. The standard InChI is InChI=1S/C20H21N3O2S/c21-14-5-6-15-12(10-14)2-1-3-16(15)23-20(25)13-4-7-18-17(11-13)22-19(24)8-9-26-18/h4-7,10-11,16H,1-3,8-9,21H2,(H,22,24)(H,23,25). The molecule has 0 aromatic heterocycles. The Labute approximate surface area is 156 Å². The average molecular weight is 367 g/mol. The van der Waals surface area contributed by atoms with E-state index in [9.17, 15) is 9.59 Å². The Kier molecular flexibility index (Phi) is 4.59. The van der Waals surface area contributed by atoms with E-state index in [0.29, 0.717) is 12.0 Å². The van der Waals surface area contributed by atoms with Gasteiger partial charge in [-0.1, -0.05) is 6.07 Å². The highest BCUT2D eigenvalue weighted by atomic mass is 32.2. The summed E-state index contributed by atoms with van der Waals surface area (Å²) in [5, 5.41) is 6.03. The third-order valence-corrected chi connectivity index (χ3v) is 5.96. The lowest BCUT2D eigenvalue weighted by Crippen LogP contribution is -2.31. The molecule has 4 N–H and O–H groups in total. The molecule has 0 spiro atoms. The minimum absolute atomic E-state index is 0.00498. The van der Waals surface area contributed by atoms with Crippen LogP contribution in [0, 0.1) is 0 Å². The van der Waals surface area contributed by atoms with Crippen LogP contribution in [0.1, 0.15) is 46.8 Å². The predicted octanol–water partition coefficient (Wildman–Crippen LogP) is 3.51. The van der Waals surface area contributed by atoms with E-state index in [1.165, 1.54) is 5.56 Å². The number of nitrogen functional groups attached to an aromatic ring is 1. The van der Waals surface area contributed by atoms with Crippen molar-refractivity contribution < 1.29 is 9.59 Å². The first-order valence-corrected chi connectivity index (χ1v) is 9.84. The van der Waals surface area contributed by atoms with E-state index in [1.807, 2.05) is 30.3 Å². The van der Waals surface area contributed by atoms with Gasteiger partial charge in [-0.2, -0.15) is 0 Å². The molecule has 2 amide bonds. The van der Waals surface area contributed by atoms with E-state index in [4.69, 9.17) is 5.73 Å². The Balaban J connectivity index is 1.55. The smallest absolute Gasteiger partial charge is 0.251 e.